The summed E-state index contributed by atoms with van der Waals surface area (Å²) in [6.07, 6.45) is 3.47. The van der Waals surface area contributed by atoms with Crippen LogP contribution in [0.25, 0.3) is 0 Å². The van der Waals surface area contributed by atoms with Gasteiger partial charge in [0, 0.05) is 12.6 Å². The lowest BCUT2D eigenvalue weighted by Gasteiger charge is -2.29. The van der Waals surface area contributed by atoms with E-state index in [1.165, 1.54) is 33.5 Å². The van der Waals surface area contributed by atoms with Crippen molar-refractivity contribution in [3.05, 3.63) is 18.2 Å². The Morgan fingerprint density at radius 3 is 2.44 bits per heavy atom. The molecule has 1 aromatic rings. The fourth-order valence-corrected chi connectivity index (χ4v) is 4.31. The average Bonchev–Trinajstić information content (AvgIpc) is 2.65. The van der Waals surface area contributed by atoms with Crippen LogP contribution in [0.5, 0.6) is 11.5 Å². The third-order valence-electron chi connectivity index (χ3n) is 4.61. The number of hydrogen-bond donors (Lipinski definition) is 1. The predicted octanol–water partition coefficient (Wildman–Crippen LogP) is 1.96. The van der Waals surface area contributed by atoms with Crippen LogP contribution in [0.2, 0.25) is 0 Å². The van der Waals surface area contributed by atoms with Gasteiger partial charge in [0.15, 0.2) is 11.5 Å². The molecular weight excluding hydrogens is 346 g/mol. The Bertz CT molecular complexity index is 703. The molecule has 1 N–H and O–H groups in total. The standard InChI is InChI=1S/C17H25NO6S/c1-22-15-9-8-13(10-16(15)23-2)25(20,21)18-11-12-6-4-5-7-14(12)17(19)24-3/h8-10,12,14,18H,4-7,11H2,1-3H3. The van der Waals surface area contributed by atoms with Crippen LogP contribution in [0.3, 0.4) is 0 Å². The summed E-state index contributed by atoms with van der Waals surface area (Å²) in [6, 6.07) is 4.42. The first-order valence-corrected chi connectivity index (χ1v) is 9.70. The number of hydrogen-bond acceptors (Lipinski definition) is 6. The van der Waals surface area contributed by atoms with E-state index in [1.807, 2.05) is 0 Å². The molecule has 0 spiro atoms. The Hall–Kier alpha value is -1.80. The van der Waals surface area contributed by atoms with E-state index in [0.717, 1.165) is 25.7 Å². The van der Waals surface area contributed by atoms with E-state index in [9.17, 15) is 13.2 Å². The van der Waals surface area contributed by atoms with E-state index in [-0.39, 0.29) is 29.2 Å². The van der Waals surface area contributed by atoms with E-state index >= 15 is 0 Å². The number of methoxy groups -OCH3 is 3. The number of nitrogens with one attached hydrogen (secondary N) is 1. The van der Waals surface area contributed by atoms with E-state index in [1.54, 1.807) is 6.07 Å². The van der Waals surface area contributed by atoms with Crippen molar-refractivity contribution in [3.8, 4) is 11.5 Å². The topological polar surface area (TPSA) is 90.9 Å². The fourth-order valence-electron chi connectivity index (χ4n) is 3.20. The monoisotopic (exact) mass is 371 g/mol. The summed E-state index contributed by atoms with van der Waals surface area (Å²) in [7, 11) is 0.588. The predicted molar refractivity (Wildman–Crippen MR) is 92.2 cm³/mol. The molecule has 0 amide bonds. The molecule has 0 aromatic heterocycles. The Kier molecular flexibility index (Phi) is 6.66. The molecule has 1 saturated carbocycles. The summed E-state index contributed by atoms with van der Waals surface area (Å²) in [6.45, 7) is 0.205. The second-order valence-corrected chi connectivity index (χ2v) is 7.81. The Morgan fingerprint density at radius 1 is 1.12 bits per heavy atom. The lowest BCUT2D eigenvalue weighted by molar-refractivity contribution is -0.148. The molecule has 0 heterocycles. The van der Waals surface area contributed by atoms with Crippen molar-refractivity contribution in [1.29, 1.82) is 0 Å². The molecule has 2 rings (SSSR count). The molecule has 140 valence electrons. The van der Waals surface area contributed by atoms with E-state index in [2.05, 4.69) is 4.72 Å². The van der Waals surface area contributed by atoms with Gasteiger partial charge >= 0.3 is 5.97 Å². The van der Waals surface area contributed by atoms with Crippen molar-refractivity contribution >= 4 is 16.0 Å². The van der Waals surface area contributed by atoms with Crippen molar-refractivity contribution in [2.24, 2.45) is 11.8 Å². The highest BCUT2D eigenvalue weighted by atomic mass is 32.2. The van der Waals surface area contributed by atoms with Crippen LogP contribution in [0.15, 0.2) is 23.1 Å². The highest BCUT2D eigenvalue weighted by molar-refractivity contribution is 7.89. The lowest BCUT2D eigenvalue weighted by atomic mass is 9.79. The number of ether oxygens (including phenoxy) is 3. The van der Waals surface area contributed by atoms with Crippen molar-refractivity contribution in [2.45, 2.75) is 30.6 Å². The molecule has 1 aliphatic carbocycles. The number of benzene rings is 1. The molecule has 25 heavy (non-hydrogen) atoms. The largest absolute Gasteiger partial charge is 0.493 e. The van der Waals surface area contributed by atoms with Gasteiger partial charge in [-0.25, -0.2) is 13.1 Å². The summed E-state index contributed by atoms with van der Waals surface area (Å²) < 4.78 is 42.9. The molecule has 1 fully saturated rings. The molecule has 0 radical (unpaired) electrons. The van der Waals surface area contributed by atoms with E-state index < -0.39 is 10.0 Å². The summed E-state index contributed by atoms with van der Waals surface area (Å²) in [5.74, 6) is 0.216. The summed E-state index contributed by atoms with van der Waals surface area (Å²) in [5, 5.41) is 0. The van der Waals surface area contributed by atoms with Gasteiger partial charge in [-0.1, -0.05) is 12.8 Å². The Morgan fingerprint density at radius 2 is 1.80 bits per heavy atom. The maximum Gasteiger partial charge on any atom is 0.308 e. The molecule has 1 aromatic carbocycles. The molecule has 0 saturated heterocycles. The van der Waals surface area contributed by atoms with E-state index in [0.29, 0.717) is 11.5 Å². The number of rotatable bonds is 7. The van der Waals surface area contributed by atoms with Crippen LogP contribution >= 0.6 is 0 Å². The number of carbonyl (C=O) groups excluding carboxylic acids is 1. The van der Waals surface area contributed by atoms with Gasteiger partial charge in [-0.05, 0) is 30.9 Å². The van der Waals surface area contributed by atoms with Gasteiger partial charge in [0.05, 0.1) is 32.1 Å². The second-order valence-electron chi connectivity index (χ2n) is 6.04. The van der Waals surface area contributed by atoms with Gasteiger partial charge in [0.2, 0.25) is 10.0 Å². The number of sulfonamides is 1. The third kappa shape index (κ3) is 4.64. The molecule has 1 aliphatic rings. The number of esters is 1. The lowest BCUT2D eigenvalue weighted by Crippen LogP contribution is -2.37. The molecule has 2 unspecified atom stereocenters. The minimum absolute atomic E-state index is 0.0591. The van der Waals surface area contributed by atoms with Crippen LogP contribution in [0, 0.1) is 11.8 Å². The van der Waals surface area contributed by atoms with Crippen LogP contribution in [0.1, 0.15) is 25.7 Å². The van der Waals surface area contributed by atoms with Gasteiger partial charge in [-0.2, -0.15) is 0 Å². The minimum atomic E-state index is -3.71. The number of carbonyl (C=O) groups is 1. The smallest absolute Gasteiger partial charge is 0.308 e. The van der Waals surface area contributed by atoms with E-state index in [4.69, 9.17) is 14.2 Å². The first kappa shape index (κ1) is 19.5. The highest BCUT2D eigenvalue weighted by Crippen LogP contribution is 2.32. The minimum Gasteiger partial charge on any atom is -0.493 e. The molecule has 7 nitrogen and oxygen atoms in total. The zero-order chi connectivity index (χ0) is 18.4. The van der Waals surface area contributed by atoms with Gasteiger partial charge in [-0.15, -0.1) is 0 Å². The molecule has 0 aliphatic heterocycles. The van der Waals surface area contributed by atoms with Crippen LogP contribution in [-0.2, 0) is 19.6 Å². The maximum absolute atomic E-state index is 12.6. The summed E-state index contributed by atoms with van der Waals surface area (Å²) in [4.78, 5) is 12.0. The van der Waals surface area contributed by atoms with Crippen molar-refractivity contribution < 1.29 is 27.4 Å². The fraction of sp³-hybridized carbons (Fsp3) is 0.588. The van der Waals surface area contributed by atoms with Crippen LogP contribution in [0.4, 0.5) is 0 Å². The SMILES string of the molecule is COC(=O)C1CCCCC1CNS(=O)(=O)c1ccc(OC)c(OC)c1. The van der Waals surface area contributed by atoms with Crippen LogP contribution in [-0.4, -0.2) is 42.3 Å². The first-order chi connectivity index (χ1) is 11.9. The summed E-state index contributed by atoms with van der Waals surface area (Å²) >= 11 is 0. The average molecular weight is 371 g/mol. The molecule has 0 bridgehead atoms. The van der Waals surface area contributed by atoms with Gasteiger partial charge in [0.1, 0.15) is 0 Å². The van der Waals surface area contributed by atoms with Gasteiger partial charge in [0.25, 0.3) is 0 Å². The Labute approximate surface area is 148 Å². The molecule has 8 heteroatoms. The summed E-state index contributed by atoms with van der Waals surface area (Å²) in [5.41, 5.74) is 0. The quantitative estimate of drug-likeness (QED) is 0.737. The normalized spacial score (nSPS) is 20.8. The molecule has 2 atom stereocenters. The zero-order valence-electron chi connectivity index (χ0n) is 14.8. The van der Waals surface area contributed by atoms with Crippen molar-refractivity contribution in [2.75, 3.05) is 27.9 Å². The van der Waals surface area contributed by atoms with Crippen molar-refractivity contribution in [1.82, 2.24) is 4.72 Å². The van der Waals surface area contributed by atoms with Crippen molar-refractivity contribution in [3.63, 3.8) is 0 Å². The Balaban J connectivity index is 2.11. The molecular formula is C17H25NO6S. The van der Waals surface area contributed by atoms with Gasteiger partial charge in [-0.3, -0.25) is 4.79 Å². The zero-order valence-corrected chi connectivity index (χ0v) is 15.6. The second kappa shape index (κ2) is 8.53. The highest BCUT2D eigenvalue weighted by Gasteiger charge is 2.32. The first-order valence-electron chi connectivity index (χ1n) is 8.22. The van der Waals surface area contributed by atoms with Gasteiger partial charge < -0.3 is 14.2 Å². The maximum atomic E-state index is 12.6. The third-order valence-corrected chi connectivity index (χ3v) is 6.04. The van der Waals surface area contributed by atoms with Crippen LogP contribution < -0.4 is 14.2 Å².